The van der Waals surface area contributed by atoms with Gasteiger partial charge in [0.05, 0.1) is 17.6 Å². The van der Waals surface area contributed by atoms with Gasteiger partial charge in [0.2, 0.25) is 5.79 Å². The molecule has 0 saturated carbocycles. The second-order valence-corrected chi connectivity index (χ2v) is 11.9. The van der Waals surface area contributed by atoms with Gasteiger partial charge < -0.3 is 18.5 Å². The Morgan fingerprint density at radius 3 is 2.16 bits per heavy atom. The third kappa shape index (κ3) is 3.86. The molecule has 0 unspecified atom stereocenters. The van der Waals surface area contributed by atoms with Crippen LogP contribution in [0.15, 0.2) is 126 Å². The summed E-state index contributed by atoms with van der Waals surface area (Å²) in [6.07, 6.45) is 0. The summed E-state index contributed by atoms with van der Waals surface area (Å²) in [5.74, 6) is 0.641. The van der Waals surface area contributed by atoms with Crippen LogP contribution in [0.3, 0.4) is 0 Å². The molecule has 1 aliphatic rings. The van der Waals surface area contributed by atoms with Crippen LogP contribution < -0.4 is 9.47 Å². The smallest absolute Gasteiger partial charge is 0.245 e. The molecule has 1 aliphatic heterocycles. The van der Waals surface area contributed by atoms with E-state index in [4.69, 9.17) is 20.5 Å². The van der Waals surface area contributed by atoms with Crippen molar-refractivity contribution in [2.45, 2.75) is 19.6 Å². The molecule has 0 radical (unpaired) electrons. The molecule has 45 heavy (non-hydrogen) atoms. The van der Waals surface area contributed by atoms with Crippen LogP contribution in [0.4, 0.5) is 5.69 Å². The van der Waals surface area contributed by atoms with Gasteiger partial charge in [-0.2, -0.15) is 0 Å². The second-order valence-electron chi connectivity index (χ2n) is 11.9. The number of benzene rings is 6. The van der Waals surface area contributed by atoms with E-state index in [-0.39, 0.29) is 0 Å². The van der Waals surface area contributed by atoms with Gasteiger partial charge >= 0.3 is 0 Å². The third-order valence-electron chi connectivity index (χ3n) is 8.70. The highest BCUT2D eigenvalue weighted by molar-refractivity contribution is 6.13. The van der Waals surface area contributed by atoms with Crippen molar-refractivity contribution in [3.63, 3.8) is 0 Å². The number of aromatic nitrogens is 1. The minimum Gasteiger partial charge on any atom is -0.456 e. The maximum absolute atomic E-state index is 7.57. The van der Waals surface area contributed by atoms with Gasteiger partial charge in [-0.15, -0.1) is 0 Å². The highest BCUT2D eigenvalue weighted by Crippen LogP contribution is 2.47. The molecule has 5 heteroatoms. The standard InChI is InChI=1S/C40H26N2O3/c1-40(2)44-36-19-15-24(27-11-8-14-38-39(27)29-10-5-7-13-35(29)43-38)21-31(36)32-23-26(17-20-37(32)45-40)42-33-12-6-4-9-28(33)30-22-25(41-3)16-18-34(30)42/h4-23H,1-2H3. The van der Waals surface area contributed by atoms with Gasteiger partial charge in [-0.25, -0.2) is 4.85 Å². The SMILES string of the molecule is [C-]#[N+]c1ccc2c(c1)c1ccccc1n2-c1ccc2c(c1)-c1cc(-c3cccc4oc5ccccc5c34)ccc1OC(C)(C)O2. The lowest BCUT2D eigenvalue weighted by molar-refractivity contribution is -0.0778. The van der Waals surface area contributed by atoms with Crippen molar-refractivity contribution in [1.29, 1.82) is 0 Å². The van der Waals surface area contributed by atoms with Crippen LogP contribution in [0, 0.1) is 6.57 Å². The van der Waals surface area contributed by atoms with Crippen molar-refractivity contribution in [3.05, 3.63) is 133 Å². The van der Waals surface area contributed by atoms with Crippen molar-refractivity contribution < 1.29 is 13.9 Å². The number of hydrogen-bond acceptors (Lipinski definition) is 3. The Morgan fingerprint density at radius 1 is 0.600 bits per heavy atom. The number of fused-ring (bicyclic) bond motifs is 9. The first-order valence-electron chi connectivity index (χ1n) is 15.0. The first-order chi connectivity index (χ1) is 22.0. The number of ether oxygens (including phenoxy) is 2. The van der Waals surface area contributed by atoms with E-state index >= 15 is 0 Å². The van der Waals surface area contributed by atoms with Gasteiger partial charge in [0.15, 0.2) is 5.69 Å². The summed E-state index contributed by atoms with van der Waals surface area (Å²) in [6.45, 7) is 11.4. The van der Waals surface area contributed by atoms with E-state index in [1.165, 1.54) is 0 Å². The molecule has 3 heterocycles. The molecule has 0 saturated heterocycles. The molecule has 8 aromatic rings. The fourth-order valence-electron chi connectivity index (χ4n) is 6.83. The zero-order valence-electron chi connectivity index (χ0n) is 24.7. The molecule has 0 aliphatic carbocycles. The monoisotopic (exact) mass is 582 g/mol. The van der Waals surface area contributed by atoms with Crippen LogP contribution in [0.1, 0.15) is 13.8 Å². The van der Waals surface area contributed by atoms with Crippen LogP contribution in [-0.2, 0) is 0 Å². The highest BCUT2D eigenvalue weighted by atomic mass is 16.7. The predicted octanol–water partition coefficient (Wildman–Crippen LogP) is 11.1. The van der Waals surface area contributed by atoms with Gasteiger partial charge in [0.1, 0.15) is 22.7 Å². The van der Waals surface area contributed by atoms with Crippen LogP contribution >= 0.6 is 0 Å². The Hall–Kier alpha value is -5.99. The van der Waals surface area contributed by atoms with Crippen LogP contribution in [0.2, 0.25) is 0 Å². The van der Waals surface area contributed by atoms with E-state index in [9.17, 15) is 0 Å². The Morgan fingerprint density at radius 2 is 1.31 bits per heavy atom. The van der Waals surface area contributed by atoms with Gasteiger partial charge in [-0.3, -0.25) is 0 Å². The summed E-state index contributed by atoms with van der Waals surface area (Å²) in [7, 11) is 0. The van der Waals surface area contributed by atoms with Gasteiger partial charge in [-0.05, 0) is 77.2 Å². The number of rotatable bonds is 2. The fourth-order valence-corrected chi connectivity index (χ4v) is 6.83. The summed E-state index contributed by atoms with van der Waals surface area (Å²) < 4.78 is 21.4. The van der Waals surface area contributed by atoms with E-state index in [0.29, 0.717) is 5.69 Å². The zero-order valence-corrected chi connectivity index (χ0v) is 24.7. The number of furan rings is 1. The van der Waals surface area contributed by atoms with Crippen LogP contribution in [-0.4, -0.2) is 10.4 Å². The number of para-hydroxylation sites is 2. The van der Waals surface area contributed by atoms with Crippen molar-refractivity contribution >= 4 is 49.4 Å². The summed E-state index contributed by atoms with van der Waals surface area (Å²) in [6, 6.07) is 41.3. The topological polar surface area (TPSA) is 40.9 Å². The van der Waals surface area contributed by atoms with E-state index in [1.807, 2.05) is 80.6 Å². The molecule has 5 nitrogen and oxygen atoms in total. The lowest BCUT2D eigenvalue weighted by Crippen LogP contribution is -2.34. The second kappa shape index (κ2) is 9.25. The van der Waals surface area contributed by atoms with Crippen LogP contribution in [0.25, 0.3) is 76.5 Å². The minimum absolute atomic E-state index is 0.627. The van der Waals surface area contributed by atoms with E-state index < -0.39 is 5.79 Å². The lowest BCUT2D eigenvalue weighted by atomic mass is 9.94. The molecule has 9 rings (SSSR count). The molecule has 0 N–H and O–H groups in total. The fraction of sp³-hybridized carbons (Fsp3) is 0.0750. The third-order valence-corrected chi connectivity index (χ3v) is 8.70. The molecule has 2 aromatic heterocycles. The summed E-state index contributed by atoms with van der Waals surface area (Å²) in [5, 5.41) is 4.35. The molecule has 0 fully saturated rings. The first kappa shape index (κ1) is 25.5. The van der Waals surface area contributed by atoms with Gasteiger partial charge in [-0.1, -0.05) is 60.7 Å². The summed E-state index contributed by atoms with van der Waals surface area (Å²) in [4.78, 5) is 3.69. The van der Waals surface area contributed by atoms with Gasteiger partial charge in [0.25, 0.3) is 0 Å². The molecular formula is C40H26N2O3. The lowest BCUT2D eigenvalue weighted by Gasteiger charge is -2.25. The minimum atomic E-state index is -0.868. The summed E-state index contributed by atoms with van der Waals surface area (Å²) >= 11 is 0. The van der Waals surface area contributed by atoms with E-state index in [0.717, 1.165) is 83.2 Å². The Balaban J connectivity index is 1.29. The number of nitrogens with zero attached hydrogens (tertiary/aromatic N) is 2. The molecule has 0 amide bonds. The normalized spacial score (nSPS) is 13.6. The maximum Gasteiger partial charge on any atom is 0.245 e. The number of hydrogen-bond donors (Lipinski definition) is 0. The maximum atomic E-state index is 7.57. The molecule has 0 atom stereocenters. The molecule has 0 bridgehead atoms. The first-order valence-corrected chi connectivity index (χ1v) is 15.0. The Bertz CT molecular complexity index is 2540. The molecule has 6 aromatic carbocycles. The van der Waals surface area contributed by atoms with Crippen LogP contribution in [0.5, 0.6) is 11.5 Å². The Labute approximate surface area is 259 Å². The van der Waals surface area contributed by atoms with Crippen molar-refractivity contribution in [3.8, 4) is 39.4 Å². The summed E-state index contributed by atoms with van der Waals surface area (Å²) in [5.41, 5.74) is 9.54. The predicted molar refractivity (Wildman–Crippen MR) is 181 cm³/mol. The molecule has 0 spiro atoms. The molecule has 214 valence electrons. The quantitative estimate of drug-likeness (QED) is 0.190. The largest absolute Gasteiger partial charge is 0.456 e. The molecular weight excluding hydrogens is 556 g/mol. The van der Waals surface area contributed by atoms with Gasteiger partial charge in [0, 0.05) is 46.8 Å². The average Bonchev–Trinajstić information content (AvgIpc) is 3.57. The van der Waals surface area contributed by atoms with E-state index in [1.54, 1.807) is 0 Å². The van der Waals surface area contributed by atoms with Crippen molar-refractivity contribution in [2.75, 3.05) is 0 Å². The van der Waals surface area contributed by atoms with Crippen molar-refractivity contribution in [1.82, 2.24) is 4.57 Å². The average molecular weight is 583 g/mol. The Kier molecular flexibility index (Phi) is 5.24. The van der Waals surface area contributed by atoms with Crippen molar-refractivity contribution in [2.24, 2.45) is 0 Å². The van der Waals surface area contributed by atoms with E-state index in [2.05, 4.69) is 64.0 Å². The highest BCUT2D eigenvalue weighted by Gasteiger charge is 2.30. The zero-order chi connectivity index (χ0) is 30.3.